The van der Waals surface area contributed by atoms with Gasteiger partial charge in [0.05, 0.1) is 6.20 Å². The van der Waals surface area contributed by atoms with Crippen LogP contribution in [0.4, 0.5) is 0 Å². The van der Waals surface area contributed by atoms with Crippen molar-refractivity contribution in [2.75, 3.05) is 5.33 Å². The Bertz CT molecular complexity index is 242. The highest BCUT2D eigenvalue weighted by molar-refractivity contribution is 9.09. The van der Waals surface area contributed by atoms with Gasteiger partial charge in [0.1, 0.15) is 0 Å². The molecule has 0 aliphatic heterocycles. The predicted octanol–water partition coefficient (Wildman–Crippen LogP) is 2.96. The molecule has 1 aromatic heterocycles. The van der Waals surface area contributed by atoms with Crippen LogP contribution in [0, 0.1) is 0 Å². The van der Waals surface area contributed by atoms with Crippen LogP contribution < -0.4 is 0 Å². The van der Waals surface area contributed by atoms with Gasteiger partial charge < -0.3 is 0 Å². The van der Waals surface area contributed by atoms with E-state index in [1.54, 1.807) is 0 Å². The Morgan fingerprint density at radius 2 is 2.17 bits per heavy atom. The molecule has 3 heteroatoms. The van der Waals surface area contributed by atoms with E-state index in [-0.39, 0.29) is 0 Å². The van der Waals surface area contributed by atoms with Crippen molar-refractivity contribution in [3.8, 4) is 0 Å². The third-order valence-electron chi connectivity index (χ3n) is 1.95. The minimum absolute atomic E-state index is 0.460. The molecule has 0 aliphatic carbocycles. The van der Waals surface area contributed by atoms with Gasteiger partial charge in [0.15, 0.2) is 0 Å². The van der Waals surface area contributed by atoms with Gasteiger partial charge in [-0.1, -0.05) is 22.9 Å². The molecular weight excluding hydrogens is 216 g/mol. The molecule has 12 heavy (non-hydrogen) atoms. The SMILES string of the molecule is CC(CBr)c1cnn(C(C)C)c1. The van der Waals surface area contributed by atoms with Crippen molar-refractivity contribution in [3.63, 3.8) is 0 Å². The molecule has 0 bridgehead atoms. The van der Waals surface area contributed by atoms with Crippen LogP contribution in [0.25, 0.3) is 0 Å². The average molecular weight is 231 g/mol. The average Bonchev–Trinajstić information content (AvgIpc) is 2.51. The summed E-state index contributed by atoms with van der Waals surface area (Å²) in [6.45, 7) is 6.46. The van der Waals surface area contributed by atoms with Gasteiger partial charge in [-0.3, -0.25) is 4.68 Å². The van der Waals surface area contributed by atoms with E-state index >= 15 is 0 Å². The summed E-state index contributed by atoms with van der Waals surface area (Å²) in [6, 6.07) is 0.460. The number of aromatic nitrogens is 2. The number of nitrogens with zero attached hydrogens (tertiary/aromatic N) is 2. The number of alkyl halides is 1. The molecule has 1 aromatic rings. The van der Waals surface area contributed by atoms with Gasteiger partial charge in [-0.05, 0) is 25.3 Å². The molecule has 0 amide bonds. The second-order valence-electron chi connectivity index (χ2n) is 3.40. The highest BCUT2D eigenvalue weighted by Crippen LogP contribution is 2.17. The highest BCUT2D eigenvalue weighted by Gasteiger charge is 2.07. The standard InChI is InChI=1S/C9H15BrN2/c1-7(2)12-6-9(5-11-12)8(3)4-10/h5-8H,4H2,1-3H3. The van der Waals surface area contributed by atoms with Crippen molar-refractivity contribution in [2.45, 2.75) is 32.7 Å². The summed E-state index contributed by atoms with van der Waals surface area (Å²) >= 11 is 3.46. The monoisotopic (exact) mass is 230 g/mol. The third-order valence-corrected chi connectivity index (χ3v) is 2.92. The zero-order chi connectivity index (χ0) is 9.14. The third kappa shape index (κ3) is 2.09. The van der Waals surface area contributed by atoms with Crippen molar-refractivity contribution in [1.82, 2.24) is 9.78 Å². The van der Waals surface area contributed by atoms with Crippen molar-refractivity contribution >= 4 is 15.9 Å². The normalized spacial score (nSPS) is 13.8. The molecule has 0 spiro atoms. The molecular formula is C9H15BrN2. The molecule has 0 N–H and O–H groups in total. The van der Waals surface area contributed by atoms with Gasteiger partial charge in [-0.2, -0.15) is 5.10 Å². The van der Waals surface area contributed by atoms with E-state index in [4.69, 9.17) is 0 Å². The van der Waals surface area contributed by atoms with Crippen LogP contribution in [0.3, 0.4) is 0 Å². The Labute approximate surface area is 82.1 Å². The smallest absolute Gasteiger partial charge is 0.0524 e. The Morgan fingerprint density at radius 1 is 1.50 bits per heavy atom. The quantitative estimate of drug-likeness (QED) is 0.731. The number of rotatable bonds is 3. The molecule has 1 atom stereocenters. The lowest BCUT2D eigenvalue weighted by Crippen LogP contribution is -2.00. The minimum atomic E-state index is 0.460. The van der Waals surface area contributed by atoms with Crippen molar-refractivity contribution < 1.29 is 0 Å². The highest BCUT2D eigenvalue weighted by atomic mass is 79.9. The minimum Gasteiger partial charge on any atom is -0.270 e. The predicted molar refractivity (Wildman–Crippen MR) is 54.8 cm³/mol. The Hall–Kier alpha value is -0.310. The van der Waals surface area contributed by atoms with Crippen LogP contribution in [0.5, 0.6) is 0 Å². The topological polar surface area (TPSA) is 17.8 Å². The maximum absolute atomic E-state index is 4.28. The molecule has 0 saturated carbocycles. The summed E-state index contributed by atoms with van der Waals surface area (Å²) < 4.78 is 1.99. The Balaban J connectivity index is 2.77. The first kappa shape index (κ1) is 9.78. The first-order valence-electron chi connectivity index (χ1n) is 4.25. The second-order valence-corrected chi connectivity index (χ2v) is 4.05. The second kappa shape index (κ2) is 4.08. The molecule has 2 nitrogen and oxygen atoms in total. The maximum Gasteiger partial charge on any atom is 0.0524 e. The van der Waals surface area contributed by atoms with Gasteiger partial charge in [0.2, 0.25) is 0 Å². The molecule has 1 rings (SSSR count). The van der Waals surface area contributed by atoms with Crippen molar-refractivity contribution in [1.29, 1.82) is 0 Å². The molecule has 0 aliphatic rings. The lowest BCUT2D eigenvalue weighted by atomic mass is 10.1. The lowest BCUT2D eigenvalue weighted by molar-refractivity contribution is 0.532. The van der Waals surface area contributed by atoms with Gasteiger partial charge >= 0.3 is 0 Å². The van der Waals surface area contributed by atoms with Gasteiger partial charge in [-0.25, -0.2) is 0 Å². The molecule has 68 valence electrons. The molecule has 1 unspecified atom stereocenters. The van der Waals surface area contributed by atoms with Crippen LogP contribution in [0.15, 0.2) is 12.4 Å². The van der Waals surface area contributed by atoms with Crippen molar-refractivity contribution in [2.24, 2.45) is 0 Å². The number of halogens is 1. The van der Waals surface area contributed by atoms with Gasteiger partial charge in [0.25, 0.3) is 0 Å². The van der Waals surface area contributed by atoms with Crippen LogP contribution in [-0.4, -0.2) is 15.1 Å². The summed E-state index contributed by atoms with van der Waals surface area (Å²) in [5.41, 5.74) is 1.31. The largest absolute Gasteiger partial charge is 0.270 e. The van der Waals surface area contributed by atoms with E-state index < -0.39 is 0 Å². The lowest BCUT2D eigenvalue weighted by Gasteiger charge is -2.05. The van der Waals surface area contributed by atoms with E-state index in [0.717, 1.165) is 5.33 Å². The molecule has 0 saturated heterocycles. The molecule has 0 fully saturated rings. The van der Waals surface area contributed by atoms with E-state index in [1.165, 1.54) is 5.56 Å². The van der Waals surface area contributed by atoms with Crippen molar-refractivity contribution in [3.05, 3.63) is 18.0 Å². The molecule has 0 radical (unpaired) electrons. The summed E-state index contributed by atoms with van der Waals surface area (Å²) in [7, 11) is 0. The number of hydrogen-bond acceptors (Lipinski definition) is 1. The molecule has 1 heterocycles. The fourth-order valence-corrected chi connectivity index (χ4v) is 1.35. The fourth-order valence-electron chi connectivity index (χ4n) is 0.979. The zero-order valence-electron chi connectivity index (χ0n) is 7.79. The summed E-state index contributed by atoms with van der Waals surface area (Å²) in [4.78, 5) is 0. The first-order chi connectivity index (χ1) is 5.65. The van der Waals surface area contributed by atoms with E-state index in [1.807, 2.05) is 10.9 Å². The van der Waals surface area contributed by atoms with Gasteiger partial charge in [0, 0.05) is 17.6 Å². The summed E-state index contributed by atoms with van der Waals surface area (Å²) in [5, 5.41) is 5.28. The number of hydrogen-bond donors (Lipinski definition) is 0. The molecule has 0 aromatic carbocycles. The first-order valence-corrected chi connectivity index (χ1v) is 5.37. The van der Waals surface area contributed by atoms with Crippen LogP contribution in [0.2, 0.25) is 0 Å². The Kier molecular flexibility index (Phi) is 3.32. The summed E-state index contributed by atoms with van der Waals surface area (Å²) in [5.74, 6) is 0.553. The van der Waals surface area contributed by atoms with E-state index in [9.17, 15) is 0 Å². The van der Waals surface area contributed by atoms with Crippen LogP contribution >= 0.6 is 15.9 Å². The van der Waals surface area contributed by atoms with Crippen LogP contribution in [-0.2, 0) is 0 Å². The maximum atomic E-state index is 4.28. The van der Waals surface area contributed by atoms with E-state index in [0.29, 0.717) is 12.0 Å². The summed E-state index contributed by atoms with van der Waals surface area (Å²) in [6.07, 6.45) is 4.07. The van der Waals surface area contributed by atoms with Crippen LogP contribution in [0.1, 0.15) is 38.3 Å². The fraction of sp³-hybridized carbons (Fsp3) is 0.667. The Morgan fingerprint density at radius 3 is 2.58 bits per heavy atom. The zero-order valence-corrected chi connectivity index (χ0v) is 9.37. The van der Waals surface area contributed by atoms with Gasteiger partial charge in [-0.15, -0.1) is 0 Å². The van der Waals surface area contributed by atoms with E-state index in [2.05, 4.69) is 48.0 Å².